The molecule has 0 heterocycles. The summed E-state index contributed by atoms with van der Waals surface area (Å²) in [5.41, 5.74) is 0. The molecule has 6 heteroatoms. The molecule has 0 aromatic carbocycles. The molecule has 0 radical (unpaired) electrons. The van der Waals surface area contributed by atoms with E-state index in [0.29, 0.717) is 25.9 Å². The van der Waals surface area contributed by atoms with Crippen LogP contribution in [-0.4, -0.2) is 47.4 Å². The Bertz CT molecular complexity index is 787. The summed E-state index contributed by atoms with van der Waals surface area (Å²) in [4.78, 5) is 24.4. The number of amides is 1. The normalized spacial score (nSPS) is 12.8. The number of hydrogen-bond acceptors (Lipinski definition) is 5. The lowest BCUT2D eigenvalue weighted by molar-refractivity contribution is -0.143. The first-order valence-corrected chi connectivity index (χ1v) is 23.4. The van der Waals surface area contributed by atoms with Crippen molar-refractivity contribution in [1.29, 1.82) is 0 Å². The highest BCUT2D eigenvalue weighted by Gasteiger charge is 2.20. The van der Waals surface area contributed by atoms with Gasteiger partial charge < -0.3 is 20.3 Å². The van der Waals surface area contributed by atoms with Crippen molar-refractivity contribution in [2.45, 2.75) is 264 Å². The standard InChI is InChI=1S/C47H91NO5/c1-3-5-7-9-11-13-15-16-21-25-29-33-37-41-47(52)53-42-38-34-30-26-22-18-17-20-24-28-32-36-40-46(51)48-44(43-49)45(50)39-35-31-27-23-19-14-12-10-8-6-4-2/h13,15,44-45,49-50H,3-12,14,16-43H2,1-2H3,(H,48,51)/b15-13-. The number of allylic oxidation sites excluding steroid dienone is 2. The topological polar surface area (TPSA) is 95.9 Å². The Morgan fingerprint density at radius 1 is 0.509 bits per heavy atom. The highest BCUT2D eigenvalue weighted by atomic mass is 16.5. The highest BCUT2D eigenvalue weighted by molar-refractivity contribution is 5.76. The number of aliphatic hydroxyl groups is 2. The van der Waals surface area contributed by atoms with Crippen molar-refractivity contribution >= 4 is 11.9 Å². The Morgan fingerprint density at radius 3 is 1.36 bits per heavy atom. The molecule has 0 rings (SSSR count). The largest absolute Gasteiger partial charge is 0.466 e. The number of nitrogens with one attached hydrogen (secondary N) is 1. The van der Waals surface area contributed by atoms with Gasteiger partial charge in [-0.1, -0.05) is 199 Å². The molecule has 53 heavy (non-hydrogen) atoms. The van der Waals surface area contributed by atoms with E-state index < -0.39 is 12.1 Å². The Labute approximate surface area is 329 Å². The Morgan fingerprint density at radius 2 is 0.887 bits per heavy atom. The van der Waals surface area contributed by atoms with Gasteiger partial charge in [-0.25, -0.2) is 0 Å². The maximum absolute atomic E-state index is 12.4. The van der Waals surface area contributed by atoms with Gasteiger partial charge in [0.1, 0.15) is 0 Å². The van der Waals surface area contributed by atoms with Gasteiger partial charge in [-0.05, 0) is 51.4 Å². The van der Waals surface area contributed by atoms with E-state index in [-0.39, 0.29) is 18.5 Å². The van der Waals surface area contributed by atoms with E-state index >= 15 is 0 Å². The molecule has 0 spiro atoms. The summed E-state index contributed by atoms with van der Waals surface area (Å²) in [7, 11) is 0. The van der Waals surface area contributed by atoms with Crippen molar-refractivity contribution in [3.8, 4) is 0 Å². The monoisotopic (exact) mass is 750 g/mol. The van der Waals surface area contributed by atoms with E-state index in [9.17, 15) is 19.8 Å². The van der Waals surface area contributed by atoms with Gasteiger partial charge >= 0.3 is 5.97 Å². The Balaban J connectivity index is 3.46. The zero-order valence-corrected chi connectivity index (χ0v) is 35.5. The highest BCUT2D eigenvalue weighted by Crippen LogP contribution is 2.16. The van der Waals surface area contributed by atoms with Crippen LogP contribution in [0.3, 0.4) is 0 Å². The minimum atomic E-state index is -0.672. The van der Waals surface area contributed by atoms with Crippen LogP contribution in [0, 0.1) is 0 Å². The van der Waals surface area contributed by atoms with Gasteiger partial charge in [0.15, 0.2) is 0 Å². The number of esters is 1. The molecule has 1 amide bonds. The number of carbonyl (C=O) groups excluding carboxylic acids is 2. The molecule has 0 bridgehead atoms. The Hall–Kier alpha value is -1.40. The predicted molar refractivity (Wildman–Crippen MR) is 227 cm³/mol. The van der Waals surface area contributed by atoms with Gasteiger partial charge in [0.25, 0.3) is 0 Å². The SMILES string of the molecule is CCCCCC/C=C\CCCCCCCC(=O)OCCCCCCCCCCCCCCC(=O)NC(CO)C(O)CCCCCCCCCCCCC. The van der Waals surface area contributed by atoms with Crippen LogP contribution in [0.4, 0.5) is 0 Å². The third kappa shape index (κ3) is 40.1. The fraction of sp³-hybridized carbons (Fsp3) is 0.915. The van der Waals surface area contributed by atoms with Crippen LogP contribution in [0.15, 0.2) is 12.2 Å². The summed E-state index contributed by atoms with van der Waals surface area (Å²) in [6.45, 7) is 4.88. The third-order valence-corrected chi connectivity index (χ3v) is 10.8. The number of ether oxygens (including phenoxy) is 1. The second kappa shape index (κ2) is 43.3. The first-order chi connectivity index (χ1) is 26.0. The van der Waals surface area contributed by atoms with E-state index in [1.165, 1.54) is 161 Å². The molecule has 6 nitrogen and oxygen atoms in total. The molecule has 0 saturated heterocycles. The average molecular weight is 750 g/mol. The second-order valence-corrected chi connectivity index (χ2v) is 16.1. The molecule has 0 saturated carbocycles. The fourth-order valence-electron chi connectivity index (χ4n) is 7.16. The summed E-state index contributed by atoms with van der Waals surface area (Å²) in [5, 5.41) is 23.1. The van der Waals surface area contributed by atoms with Gasteiger partial charge in [-0.2, -0.15) is 0 Å². The number of aliphatic hydroxyl groups excluding tert-OH is 2. The smallest absolute Gasteiger partial charge is 0.305 e. The van der Waals surface area contributed by atoms with E-state index in [4.69, 9.17) is 4.74 Å². The number of carbonyl (C=O) groups is 2. The number of rotatable bonds is 43. The van der Waals surface area contributed by atoms with Crippen LogP contribution >= 0.6 is 0 Å². The van der Waals surface area contributed by atoms with Crippen LogP contribution in [0.5, 0.6) is 0 Å². The van der Waals surface area contributed by atoms with Crippen LogP contribution in [-0.2, 0) is 14.3 Å². The molecular formula is C47H91NO5. The zero-order chi connectivity index (χ0) is 38.7. The molecule has 314 valence electrons. The molecule has 0 fully saturated rings. The van der Waals surface area contributed by atoms with Crippen LogP contribution in [0.1, 0.15) is 251 Å². The molecule has 0 aliphatic rings. The quantitative estimate of drug-likeness (QED) is 0.0328. The predicted octanol–water partition coefficient (Wildman–Crippen LogP) is 13.4. The molecule has 0 aliphatic heterocycles. The second-order valence-electron chi connectivity index (χ2n) is 16.1. The minimum absolute atomic E-state index is 0.0188. The zero-order valence-electron chi connectivity index (χ0n) is 35.5. The lowest BCUT2D eigenvalue weighted by Gasteiger charge is -2.22. The van der Waals surface area contributed by atoms with Crippen LogP contribution < -0.4 is 5.32 Å². The fourth-order valence-corrected chi connectivity index (χ4v) is 7.16. The van der Waals surface area contributed by atoms with Crippen molar-refractivity contribution in [3.63, 3.8) is 0 Å². The summed E-state index contributed by atoms with van der Waals surface area (Å²) in [6, 6.07) is -0.551. The van der Waals surface area contributed by atoms with Crippen LogP contribution in [0.25, 0.3) is 0 Å². The van der Waals surface area contributed by atoms with Crippen molar-refractivity contribution < 1.29 is 24.5 Å². The van der Waals surface area contributed by atoms with Gasteiger partial charge in [-0.15, -0.1) is 0 Å². The van der Waals surface area contributed by atoms with Gasteiger partial charge in [-0.3, -0.25) is 9.59 Å². The number of unbranched alkanes of at least 4 members (excludes halogenated alkanes) is 30. The van der Waals surface area contributed by atoms with Gasteiger partial charge in [0.2, 0.25) is 5.91 Å². The van der Waals surface area contributed by atoms with Crippen molar-refractivity contribution in [2.75, 3.05) is 13.2 Å². The van der Waals surface area contributed by atoms with Crippen molar-refractivity contribution in [1.82, 2.24) is 5.32 Å². The lowest BCUT2D eigenvalue weighted by Crippen LogP contribution is -2.45. The van der Waals surface area contributed by atoms with E-state index in [1.54, 1.807) is 0 Å². The first kappa shape index (κ1) is 51.6. The maximum atomic E-state index is 12.4. The minimum Gasteiger partial charge on any atom is -0.466 e. The summed E-state index contributed by atoms with van der Waals surface area (Å²) >= 11 is 0. The van der Waals surface area contributed by atoms with E-state index in [1.807, 2.05) is 0 Å². The lowest BCUT2D eigenvalue weighted by atomic mass is 10.0. The summed E-state index contributed by atoms with van der Waals surface area (Å²) in [6.07, 6.45) is 47.3. The van der Waals surface area contributed by atoms with E-state index in [0.717, 1.165) is 57.8 Å². The Kier molecular flexibility index (Phi) is 42.2. The molecule has 0 aromatic rings. The first-order valence-electron chi connectivity index (χ1n) is 23.4. The molecular weight excluding hydrogens is 659 g/mol. The maximum Gasteiger partial charge on any atom is 0.305 e. The van der Waals surface area contributed by atoms with Gasteiger partial charge in [0.05, 0.1) is 25.4 Å². The summed E-state index contributed by atoms with van der Waals surface area (Å²) in [5.74, 6) is -0.0711. The molecule has 0 aromatic heterocycles. The molecule has 2 unspecified atom stereocenters. The molecule has 3 N–H and O–H groups in total. The third-order valence-electron chi connectivity index (χ3n) is 10.8. The average Bonchev–Trinajstić information content (AvgIpc) is 3.16. The van der Waals surface area contributed by atoms with Crippen molar-refractivity contribution in [2.24, 2.45) is 0 Å². The van der Waals surface area contributed by atoms with E-state index in [2.05, 4.69) is 31.3 Å². The molecule has 2 atom stereocenters. The van der Waals surface area contributed by atoms with Crippen LogP contribution in [0.2, 0.25) is 0 Å². The number of hydrogen-bond donors (Lipinski definition) is 3. The summed E-state index contributed by atoms with van der Waals surface area (Å²) < 4.78 is 5.44. The molecule has 0 aliphatic carbocycles. The van der Waals surface area contributed by atoms with Gasteiger partial charge in [0, 0.05) is 12.8 Å². The van der Waals surface area contributed by atoms with Crippen molar-refractivity contribution in [3.05, 3.63) is 12.2 Å².